The quantitative estimate of drug-likeness (QED) is 0.357. The fourth-order valence-corrected chi connectivity index (χ4v) is 1.80. The Hall–Kier alpha value is -3.36. The van der Waals surface area contributed by atoms with Gasteiger partial charge >= 0.3 is 5.97 Å². The summed E-state index contributed by atoms with van der Waals surface area (Å²) >= 11 is 0. The number of anilines is 1. The monoisotopic (exact) mass is 329 g/mol. The number of ether oxygens (including phenoxy) is 1. The molecular weight excluding hydrogens is 314 g/mol. The second kappa shape index (κ2) is 8.32. The number of nitrogens with one attached hydrogen (secondary N) is 1. The van der Waals surface area contributed by atoms with E-state index in [2.05, 4.69) is 20.5 Å². The Kier molecular flexibility index (Phi) is 5.89. The van der Waals surface area contributed by atoms with Crippen LogP contribution in [0, 0.1) is 10.1 Å². The number of nitro groups is 1. The molecule has 24 heavy (non-hydrogen) atoms. The fraction of sp³-hybridized carbons (Fsp3) is 0.200. The molecule has 9 heteroatoms. The van der Waals surface area contributed by atoms with Gasteiger partial charge in [0.2, 0.25) is 5.95 Å². The van der Waals surface area contributed by atoms with E-state index >= 15 is 0 Å². The van der Waals surface area contributed by atoms with E-state index in [9.17, 15) is 14.9 Å². The fourth-order valence-electron chi connectivity index (χ4n) is 1.80. The van der Waals surface area contributed by atoms with Crippen LogP contribution in [0.15, 0.2) is 47.8 Å². The third-order valence-electron chi connectivity index (χ3n) is 2.89. The normalized spacial score (nSPS) is 11.0. The van der Waals surface area contributed by atoms with Gasteiger partial charge in [0.25, 0.3) is 5.69 Å². The molecule has 0 saturated heterocycles. The smallest absolute Gasteiger partial charge is 0.311 e. The predicted octanol–water partition coefficient (Wildman–Crippen LogP) is 2.15. The van der Waals surface area contributed by atoms with Crippen molar-refractivity contribution >= 4 is 23.3 Å². The zero-order valence-electron chi connectivity index (χ0n) is 12.9. The number of nitrogens with zero attached hydrogens (tertiary/aromatic N) is 4. The molecule has 0 aliphatic carbocycles. The van der Waals surface area contributed by atoms with Gasteiger partial charge in [-0.2, -0.15) is 5.10 Å². The lowest BCUT2D eigenvalue weighted by Gasteiger charge is -2.07. The highest BCUT2D eigenvalue weighted by Crippen LogP contribution is 2.14. The van der Waals surface area contributed by atoms with Gasteiger partial charge in [0, 0.05) is 24.5 Å². The molecule has 0 fully saturated rings. The molecule has 0 unspecified atom stereocenters. The molecule has 1 N–H and O–H groups in total. The first kappa shape index (κ1) is 17.0. The van der Waals surface area contributed by atoms with E-state index in [1.54, 1.807) is 25.4 Å². The number of carbonyl (C=O) groups excluding carboxylic acids is 1. The topological polar surface area (TPSA) is 120 Å². The standard InChI is InChI=1S/C15H15N5O4/c1-2-24-14(21)10-13(18-19-15-16-8-3-9-17-15)11-4-6-12(7-5-11)20(22)23/h3-9H,2,10H2,1H3,(H,16,17,19)/b18-13+. The van der Waals surface area contributed by atoms with Crippen molar-refractivity contribution in [1.29, 1.82) is 0 Å². The summed E-state index contributed by atoms with van der Waals surface area (Å²) < 4.78 is 4.92. The first-order valence-corrected chi connectivity index (χ1v) is 7.10. The second-order valence-electron chi connectivity index (χ2n) is 4.53. The number of carbonyl (C=O) groups is 1. The molecule has 0 atom stereocenters. The van der Waals surface area contributed by atoms with Crippen LogP contribution >= 0.6 is 0 Å². The summed E-state index contributed by atoms with van der Waals surface area (Å²) in [5.41, 5.74) is 3.51. The third-order valence-corrected chi connectivity index (χ3v) is 2.89. The van der Waals surface area contributed by atoms with Gasteiger partial charge in [-0.1, -0.05) is 0 Å². The predicted molar refractivity (Wildman–Crippen MR) is 86.5 cm³/mol. The highest BCUT2D eigenvalue weighted by Gasteiger charge is 2.13. The van der Waals surface area contributed by atoms with Crippen LogP contribution in [0.3, 0.4) is 0 Å². The van der Waals surface area contributed by atoms with Crippen molar-refractivity contribution in [2.75, 3.05) is 12.0 Å². The molecule has 0 aliphatic heterocycles. The Morgan fingerprint density at radius 2 is 1.96 bits per heavy atom. The van der Waals surface area contributed by atoms with Crippen LogP contribution in [0.1, 0.15) is 18.9 Å². The minimum absolute atomic E-state index is 0.0476. The highest BCUT2D eigenvalue weighted by atomic mass is 16.6. The molecule has 0 amide bonds. The summed E-state index contributed by atoms with van der Waals surface area (Å²) in [5.74, 6) is -0.189. The van der Waals surface area contributed by atoms with Crippen LogP contribution in [-0.4, -0.2) is 33.2 Å². The SMILES string of the molecule is CCOC(=O)C/C(=N\Nc1ncccn1)c1ccc([N+](=O)[O-])cc1. The number of hydrogen-bond donors (Lipinski definition) is 1. The summed E-state index contributed by atoms with van der Waals surface area (Å²) in [6.45, 7) is 1.96. The van der Waals surface area contributed by atoms with E-state index in [1.165, 1.54) is 24.3 Å². The van der Waals surface area contributed by atoms with Crippen LogP contribution in [0.2, 0.25) is 0 Å². The van der Waals surface area contributed by atoms with Gasteiger partial charge in [0.15, 0.2) is 0 Å². The molecule has 0 spiro atoms. The lowest BCUT2D eigenvalue weighted by molar-refractivity contribution is -0.384. The first-order valence-electron chi connectivity index (χ1n) is 7.10. The lowest BCUT2D eigenvalue weighted by atomic mass is 10.1. The number of benzene rings is 1. The molecule has 2 aromatic rings. The van der Waals surface area contributed by atoms with Crippen molar-refractivity contribution in [3.05, 3.63) is 58.4 Å². The largest absolute Gasteiger partial charge is 0.466 e. The van der Waals surface area contributed by atoms with E-state index in [4.69, 9.17) is 4.74 Å². The van der Waals surface area contributed by atoms with Gasteiger partial charge in [-0.05, 0) is 30.7 Å². The Bertz CT molecular complexity index is 731. The number of nitro benzene ring substituents is 1. The summed E-state index contributed by atoms with van der Waals surface area (Å²) in [6.07, 6.45) is 3.00. The summed E-state index contributed by atoms with van der Waals surface area (Å²) in [6, 6.07) is 7.38. The maximum absolute atomic E-state index is 11.7. The average Bonchev–Trinajstić information content (AvgIpc) is 2.60. The summed E-state index contributed by atoms with van der Waals surface area (Å²) in [7, 11) is 0. The van der Waals surface area contributed by atoms with E-state index in [-0.39, 0.29) is 24.7 Å². The number of hydrazone groups is 1. The van der Waals surface area contributed by atoms with Crippen molar-refractivity contribution in [3.8, 4) is 0 Å². The zero-order chi connectivity index (χ0) is 17.4. The van der Waals surface area contributed by atoms with Crippen LogP contribution in [0.4, 0.5) is 11.6 Å². The zero-order valence-corrected chi connectivity index (χ0v) is 12.9. The maximum Gasteiger partial charge on any atom is 0.311 e. The van der Waals surface area contributed by atoms with Crippen molar-refractivity contribution in [1.82, 2.24) is 9.97 Å². The number of non-ortho nitro benzene ring substituents is 1. The Morgan fingerprint density at radius 3 is 2.54 bits per heavy atom. The van der Waals surface area contributed by atoms with E-state index in [1.807, 2.05) is 0 Å². The van der Waals surface area contributed by atoms with Crippen molar-refractivity contribution < 1.29 is 14.5 Å². The summed E-state index contributed by atoms with van der Waals surface area (Å²) in [5, 5.41) is 14.9. The van der Waals surface area contributed by atoms with Gasteiger partial charge in [-0.25, -0.2) is 15.4 Å². The van der Waals surface area contributed by atoms with E-state index in [0.29, 0.717) is 11.3 Å². The van der Waals surface area contributed by atoms with Gasteiger partial charge in [0.1, 0.15) is 0 Å². The number of hydrogen-bond acceptors (Lipinski definition) is 8. The maximum atomic E-state index is 11.7. The minimum atomic E-state index is -0.498. The molecule has 1 heterocycles. The molecule has 0 saturated carbocycles. The van der Waals surface area contributed by atoms with Crippen LogP contribution < -0.4 is 5.43 Å². The van der Waals surface area contributed by atoms with E-state index < -0.39 is 10.9 Å². The molecule has 0 bridgehead atoms. The summed E-state index contributed by atoms with van der Waals surface area (Å²) in [4.78, 5) is 29.9. The van der Waals surface area contributed by atoms with E-state index in [0.717, 1.165) is 0 Å². The van der Waals surface area contributed by atoms with Gasteiger partial charge in [0.05, 0.1) is 23.7 Å². The van der Waals surface area contributed by atoms with Crippen molar-refractivity contribution in [2.45, 2.75) is 13.3 Å². The minimum Gasteiger partial charge on any atom is -0.466 e. The molecule has 9 nitrogen and oxygen atoms in total. The number of rotatable bonds is 7. The van der Waals surface area contributed by atoms with Crippen LogP contribution in [-0.2, 0) is 9.53 Å². The van der Waals surface area contributed by atoms with Crippen LogP contribution in [0.25, 0.3) is 0 Å². The third kappa shape index (κ3) is 4.83. The number of aromatic nitrogens is 2. The molecule has 1 aromatic heterocycles. The Balaban J connectivity index is 2.24. The van der Waals surface area contributed by atoms with Gasteiger partial charge < -0.3 is 4.74 Å². The molecule has 124 valence electrons. The molecule has 2 rings (SSSR count). The van der Waals surface area contributed by atoms with Crippen molar-refractivity contribution in [2.24, 2.45) is 5.10 Å². The highest BCUT2D eigenvalue weighted by molar-refractivity contribution is 6.09. The Labute approximate surface area is 137 Å². The Morgan fingerprint density at radius 1 is 1.29 bits per heavy atom. The number of esters is 1. The molecule has 0 aliphatic rings. The van der Waals surface area contributed by atoms with Gasteiger partial charge in [-0.3, -0.25) is 14.9 Å². The van der Waals surface area contributed by atoms with Gasteiger partial charge in [-0.15, -0.1) is 0 Å². The molecule has 1 aromatic carbocycles. The lowest BCUT2D eigenvalue weighted by Crippen LogP contribution is -2.14. The average molecular weight is 329 g/mol. The molecular formula is C15H15N5O4. The molecule has 0 radical (unpaired) electrons. The van der Waals surface area contributed by atoms with Crippen molar-refractivity contribution in [3.63, 3.8) is 0 Å². The first-order chi connectivity index (χ1) is 11.6. The second-order valence-corrected chi connectivity index (χ2v) is 4.53. The van der Waals surface area contributed by atoms with Crippen LogP contribution in [0.5, 0.6) is 0 Å².